The molecule has 1 aliphatic heterocycles. The maximum atomic E-state index is 12.2. The van der Waals surface area contributed by atoms with Crippen molar-refractivity contribution in [1.29, 1.82) is 0 Å². The van der Waals surface area contributed by atoms with Gasteiger partial charge in [0.15, 0.2) is 11.4 Å². The van der Waals surface area contributed by atoms with Crippen LogP contribution in [0.2, 0.25) is 0 Å². The number of anilines is 1. The van der Waals surface area contributed by atoms with E-state index in [9.17, 15) is 9.59 Å². The Kier molecular flexibility index (Phi) is 13.6. The van der Waals surface area contributed by atoms with Crippen LogP contribution in [0.1, 0.15) is 37.0 Å². The number of carbonyl (C=O) groups excluding carboxylic acids is 2. The SMILES string of the molecule is CC(C)(C)OC(=O)N1CCn2cc(-c3ccncc3)nc2C1.Nc1cnccn1.O=C(CBr)c1ccncc1.c1cc(-c2cn3ccncc3n2)ccn1. The van der Waals surface area contributed by atoms with Gasteiger partial charge in [-0.05, 0) is 57.2 Å². The summed E-state index contributed by atoms with van der Waals surface area (Å²) in [5.74, 6) is 1.42. The van der Waals surface area contributed by atoms with Gasteiger partial charge in [-0.3, -0.25) is 34.6 Å². The largest absolute Gasteiger partial charge is 0.444 e. The summed E-state index contributed by atoms with van der Waals surface area (Å²) in [6.07, 6.45) is 24.0. The molecule has 0 aromatic carbocycles. The second-order valence-corrected chi connectivity index (χ2v) is 13.1. The van der Waals surface area contributed by atoms with Crippen molar-refractivity contribution in [3.63, 3.8) is 0 Å². The number of alkyl halides is 1. The van der Waals surface area contributed by atoms with Crippen LogP contribution in [0.4, 0.5) is 10.6 Å². The minimum absolute atomic E-state index is 0.0856. The quantitative estimate of drug-likeness (QED) is 0.157. The Morgan fingerprint density at radius 2 is 1.37 bits per heavy atom. The van der Waals surface area contributed by atoms with Crippen molar-refractivity contribution in [2.45, 2.75) is 39.5 Å². The van der Waals surface area contributed by atoms with Crippen molar-refractivity contribution in [2.24, 2.45) is 0 Å². The number of halogens is 1. The average Bonchev–Trinajstić information content (AvgIpc) is 3.84. The minimum atomic E-state index is -0.480. The zero-order chi connectivity index (χ0) is 38.3. The summed E-state index contributed by atoms with van der Waals surface area (Å²) >= 11 is 3.08. The van der Waals surface area contributed by atoms with E-state index in [2.05, 4.69) is 60.4 Å². The number of nitrogens with two attached hydrogens (primary N) is 1. The van der Waals surface area contributed by atoms with Gasteiger partial charge < -0.3 is 19.4 Å². The number of ketones is 1. The van der Waals surface area contributed by atoms with E-state index in [1.54, 1.807) is 79.0 Å². The summed E-state index contributed by atoms with van der Waals surface area (Å²) in [6.45, 7) is 7.45. The molecule has 54 heavy (non-hydrogen) atoms. The highest BCUT2D eigenvalue weighted by atomic mass is 79.9. The highest BCUT2D eigenvalue weighted by Gasteiger charge is 2.27. The molecule has 0 fully saturated rings. The van der Waals surface area contributed by atoms with Crippen LogP contribution < -0.4 is 5.73 Å². The lowest BCUT2D eigenvalue weighted by Gasteiger charge is -2.30. The van der Waals surface area contributed by atoms with Crippen LogP contribution in [0.25, 0.3) is 28.2 Å². The van der Waals surface area contributed by atoms with Gasteiger partial charge in [-0.15, -0.1) is 0 Å². The fourth-order valence-corrected chi connectivity index (χ4v) is 5.15. The fraction of sp³-hybridized carbons (Fsp3) is 0.211. The lowest BCUT2D eigenvalue weighted by Crippen LogP contribution is -2.41. The molecule has 2 N–H and O–H groups in total. The Morgan fingerprint density at radius 3 is 1.91 bits per heavy atom. The maximum absolute atomic E-state index is 12.2. The van der Waals surface area contributed by atoms with Crippen LogP contribution in [-0.4, -0.2) is 83.1 Å². The van der Waals surface area contributed by atoms with E-state index in [0.717, 1.165) is 40.5 Å². The summed E-state index contributed by atoms with van der Waals surface area (Å²) < 4.78 is 9.47. The van der Waals surface area contributed by atoms with Gasteiger partial charge in [0.1, 0.15) is 17.2 Å². The second kappa shape index (κ2) is 18.9. The van der Waals surface area contributed by atoms with Gasteiger partial charge in [0.2, 0.25) is 0 Å². The molecule has 8 heterocycles. The van der Waals surface area contributed by atoms with Crippen LogP contribution in [-0.2, 0) is 17.8 Å². The summed E-state index contributed by atoms with van der Waals surface area (Å²) in [7, 11) is 0. The zero-order valence-electron chi connectivity index (χ0n) is 30.0. The highest BCUT2D eigenvalue weighted by Crippen LogP contribution is 2.22. The number of hydrogen-bond acceptors (Lipinski definition) is 12. The van der Waals surface area contributed by atoms with Gasteiger partial charge in [0, 0.05) is 104 Å². The lowest BCUT2D eigenvalue weighted by molar-refractivity contribution is 0.0195. The van der Waals surface area contributed by atoms with Crippen LogP contribution >= 0.6 is 15.9 Å². The molecule has 0 atom stereocenters. The molecule has 16 heteroatoms. The molecule has 0 saturated heterocycles. The van der Waals surface area contributed by atoms with Gasteiger partial charge in [0.05, 0.1) is 35.7 Å². The molecular formula is C38H39BrN12O3. The third-order valence-corrected chi connectivity index (χ3v) is 7.89. The van der Waals surface area contributed by atoms with Crippen molar-refractivity contribution in [3.8, 4) is 22.5 Å². The van der Waals surface area contributed by atoms with Crippen LogP contribution in [0.3, 0.4) is 0 Å². The second-order valence-electron chi connectivity index (χ2n) is 12.5. The molecule has 0 saturated carbocycles. The fourth-order valence-electron chi connectivity index (χ4n) is 4.83. The summed E-state index contributed by atoms with van der Waals surface area (Å²) in [5, 5.41) is 0.372. The van der Waals surface area contributed by atoms with Crippen LogP contribution in [0.15, 0.2) is 123 Å². The molecule has 15 nitrogen and oxygen atoms in total. The number of nitrogens with zero attached hydrogens (tertiary/aromatic N) is 11. The van der Waals surface area contributed by atoms with Crippen molar-refractivity contribution < 1.29 is 14.3 Å². The van der Waals surface area contributed by atoms with E-state index >= 15 is 0 Å². The number of aromatic nitrogens is 10. The number of hydrogen-bond donors (Lipinski definition) is 1. The third kappa shape index (κ3) is 11.5. The monoisotopic (exact) mass is 790 g/mol. The molecule has 7 aromatic heterocycles. The Bertz CT molecular complexity index is 2180. The van der Waals surface area contributed by atoms with Gasteiger partial charge in [-0.1, -0.05) is 15.9 Å². The smallest absolute Gasteiger partial charge is 0.410 e. The average molecular weight is 792 g/mol. The Morgan fingerprint density at radius 1 is 0.759 bits per heavy atom. The van der Waals surface area contributed by atoms with Gasteiger partial charge in [0.25, 0.3) is 0 Å². The molecule has 276 valence electrons. The molecule has 7 aromatic rings. The number of pyridine rings is 3. The first-order chi connectivity index (χ1) is 26.1. The van der Waals surface area contributed by atoms with Crippen molar-refractivity contribution in [3.05, 3.63) is 135 Å². The normalized spacial score (nSPS) is 11.7. The molecule has 1 aliphatic rings. The molecule has 0 bridgehead atoms. The predicted octanol–water partition coefficient (Wildman–Crippen LogP) is 6.21. The summed E-state index contributed by atoms with van der Waals surface area (Å²) in [5.41, 5.74) is 10.2. The van der Waals surface area contributed by atoms with Gasteiger partial charge in [-0.25, -0.2) is 19.7 Å². The zero-order valence-corrected chi connectivity index (χ0v) is 31.6. The predicted molar refractivity (Wildman–Crippen MR) is 207 cm³/mol. The highest BCUT2D eigenvalue weighted by molar-refractivity contribution is 9.09. The van der Waals surface area contributed by atoms with E-state index in [1.807, 2.05) is 68.0 Å². The number of fused-ring (bicyclic) bond motifs is 2. The van der Waals surface area contributed by atoms with Crippen molar-refractivity contribution in [1.82, 2.24) is 53.7 Å². The van der Waals surface area contributed by atoms with E-state index < -0.39 is 5.60 Å². The Labute approximate surface area is 320 Å². The number of Topliss-reactive ketones (excluding diaryl/α,β-unsaturated/α-hetero) is 1. The molecule has 0 unspecified atom stereocenters. The minimum Gasteiger partial charge on any atom is -0.444 e. The lowest BCUT2D eigenvalue weighted by atomic mass is 10.2. The molecule has 0 radical (unpaired) electrons. The number of nitrogen functional groups attached to an aromatic ring is 1. The summed E-state index contributed by atoms with van der Waals surface area (Å²) in [4.78, 5) is 57.1. The first-order valence-electron chi connectivity index (χ1n) is 16.7. The molecule has 0 aliphatic carbocycles. The van der Waals surface area contributed by atoms with Gasteiger partial charge >= 0.3 is 6.09 Å². The van der Waals surface area contributed by atoms with E-state index in [0.29, 0.717) is 29.8 Å². The maximum Gasteiger partial charge on any atom is 0.410 e. The molecular weight excluding hydrogens is 752 g/mol. The van der Waals surface area contributed by atoms with Crippen LogP contribution in [0.5, 0.6) is 0 Å². The molecule has 8 rings (SSSR count). The van der Waals surface area contributed by atoms with E-state index in [1.165, 1.54) is 6.20 Å². The third-order valence-electron chi connectivity index (χ3n) is 7.38. The summed E-state index contributed by atoms with van der Waals surface area (Å²) in [6, 6.07) is 11.1. The van der Waals surface area contributed by atoms with E-state index in [4.69, 9.17) is 10.5 Å². The van der Waals surface area contributed by atoms with Crippen molar-refractivity contribution in [2.75, 3.05) is 17.6 Å². The number of imidazole rings is 2. The Balaban J connectivity index is 0.000000151. The number of ether oxygens (including phenoxy) is 1. The molecule has 0 spiro atoms. The number of amides is 1. The first-order valence-corrected chi connectivity index (χ1v) is 17.9. The van der Waals surface area contributed by atoms with Gasteiger partial charge in [-0.2, -0.15) is 0 Å². The van der Waals surface area contributed by atoms with E-state index in [-0.39, 0.29) is 11.9 Å². The topological polar surface area (TPSA) is 185 Å². The first kappa shape index (κ1) is 38.8. The standard InChI is InChI=1S/C16H20N4O2.C11H8N4.C7H6BrNO.C4H5N3/c1-16(2,3)22-15(21)20-9-8-19-10-13(18-14(19)11-20)12-4-6-17-7-5-12;1-3-12-4-2-9(1)10-8-15-6-5-13-7-11(15)14-10;8-5-7(10)6-1-3-9-4-2-6;5-4-3-6-1-2-7-4/h4-7,10H,8-9,11H2,1-3H3;1-8H;1-4H,5H2;1-3H,(H2,5,7). The number of carbonyl (C=O) groups is 2. The van der Waals surface area contributed by atoms with Crippen molar-refractivity contribution >= 4 is 39.3 Å². The Hall–Kier alpha value is -6.42. The van der Waals surface area contributed by atoms with Crippen LogP contribution in [0, 0.1) is 0 Å². The molecule has 1 amide bonds. The number of rotatable bonds is 4.